The van der Waals surface area contributed by atoms with Crippen LogP contribution in [0.15, 0.2) is 11.6 Å². The van der Waals surface area contributed by atoms with Gasteiger partial charge in [0.15, 0.2) is 5.78 Å². The van der Waals surface area contributed by atoms with Crippen LogP contribution in [0.25, 0.3) is 0 Å². The summed E-state index contributed by atoms with van der Waals surface area (Å²) in [5.74, 6) is 0.136. The van der Waals surface area contributed by atoms with Crippen LogP contribution >= 0.6 is 0 Å². The Morgan fingerprint density at radius 3 is 2.60 bits per heavy atom. The Balaban J connectivity index is 3.63. The van der Waals surface area contributed by atoms with E-state index in [-0.39, 0.29) is 12.4 Å². The largest absolute Gasteiger partial charge is 0.396 e. The summed E-state index contributed by atoms with van der Waals surface area (Å²) in [5.41, 5.74) is 0.786. The fraction of sp³-hybridized carbons (Fsp3) is 0.625. The highest BCUT2D eigenvalue weighted by Gasteiger charge is 2.00. The zero-order valence-corrected chi connectivity index (χ0v) is 6.55. The molecular formula is C8H14O2. The van der Waals surface area contributed by atoms with Gasteiger partial charge in [-0.3, -0.25) is 4.79 Å². The van der Waals surface area contributed by atoms with Crippen LogP contribution in [0.1, 0.15) is 26.7 Å². The van der Waals surface area contributed by atoms with E-state index in [0.717, 1.165) is 5.57 Å². The van der Waals surface area contributed by atoms with Crippen molar-refractivity contribution in [3.8, 4) is 0 Å². The maximum atomic E-state index is 11.0. The van der Waals surface area contributed by atoms with Gasteiger partial charge in [-0.2, -0.15) is 0 Å². The highest BCUT2D eigenvalue weighted by atomic mass is 16.3. The molecule has 0 aromatic heterocycles. The number of hydrogen-bond acceptors (Lipinski definition) is 2. The zero-order chi connectivity index (χ0) is 7.98. The maximum absolute atomic E-state index is 11.0. The van der Waals surface area contributed by atoms with E-state index in [9.17, 15) is 4.79 Å². The smallest absolute Gasteiger partial charge is 0.158 e. The highest BCUT2D eigenvalue weighted by Crippen LogP contribution is 2.00. The number of aliphatic hydroxyl groups is 1. The molecule has 0 radical (unpaired) electrons. The number of carbonyl (C=O) groups excluding carboxylic acids is 1. The first-order chi connectivity index (χ1) is 4.72. The highest BCUT2D eigenvalue weighted by molar-refractivity contribution is 5.94. The van der Waals surface area contributed by atoms with Crippen LogP contribution in [0.5, 0.6) is 0 Å². The summed E-state index contributed by atoms with van der Waals surface area (Å²) in [6.45, 7) is 3.73. The van der Waals surface area contributed by atoms with Gasteiger partial charge >= 0.3 is 0 Å². The minimum atomic E-state index is 0.0999. The Kier molecular flexibility index (Phi) is 4.85. The van der Waals surface area contributed by atoms with E-state index in [2.05, 4.69) is 0 Å². The number of ketones is 1. The average molecular weight is 142 g/mol. The third-order valence-electron chi connectivity index (χ3n) is 1.43. The molecule has 0 aliphatic carbocycles. The first-order valence-electron chi connectivity index (χ1n) is 3.49. The minimum absolute atomic E-state index is 0.0999. The summed E-state index contributed by atoms with van der Waals surface area (Å²) in [7, 11) is 0. The normalized spacial score (nSPS) is 11.7. The van der Waals surface area contributed by atoms with Crippen LogP contribution in [0.4, 0.5) is 0 Å². The fourth-order valence-electron chi connectivity index (χ4n) is 0.598. The first-order valence-corrected chi connectivity index (χ1v) is 3.49. The van der Waals surface area contributed by atoms with Gasteiger partial charge in [-0.05, 0) is 25.8 Å². The van der Waals surface area contributed by atoms with Crippen molar-refractivity contribution in [2.24, 2.45) is 0 Å². The van der Waals surface area contributed by atoms with E-state index in [0.29, 0.717) is 12.8 Å². The summed E-state index contributed by atoms with van der Waals surface area (Å²) in [5, 5.41) is 8.40. The predicted molar refractivity (Wildman–Crippen MR) is 40.8 cm³/mol. The lowest BCUT2D eigenvalue weighted by molar-refractivity contribution is -0.115. The SMILES string of the molecule is C/C=C(/C)C(=O)CCCO. The van der Waals surface area contributed by atoms with E-state index in [4.69, 9.17) is 5.11 Å². The summed E-state index contributed by atoms with van der Waals surface area (Å²) in [4.78, 5) is 11.0. The Bertz CT molecular complexity index is 136. The second kappa shape index (κ2) is 5.18. The number of allylic oxidation sites excluding steroid dienone is 2. The monoisotopic (exact) mass is 142 g/mol. The van der Waals surface area contributed by atoms with Crippen LogP contribution < -0.4 is 0 Å². The molecule has 2 nitrogen and oxygen atoms in total. The molecule has 0 saturated heterocycles. The van der Waals surface area contributed by atoms with Crippen LogP contribution in [0.2, 0.25) is 0 Å². The third kappa shape index (κ3) is 3.41. The van der Waals surface area contributed by atoms with Gasteiger partial charge in [0.05, 0.1) is 0 Å². The van der Waals surface area contributed by atoms with Crippen LogP contribution in [-0.2, 0) is 4.79 Å². The van der Waals surface area contributed by atoms with E-state index in [1.165, 1.54) is 0 Å². The van der Waals surface area contributed by atoms with Crippen molar-refractivity contribution in [1.29, 1.82) is 0 Å². The molecule has 0 saturated carbocycles. The summed E-state index contributed by atoms with van der Waals surface area (Å²) < 4.78 is 0. The third-order valence-corrected chi connectivity index (χ3v) is 1.43. The molecule has 10 heavy (non-hydrogen) atoms. The molecule has 0 bridgehead atoms. The predicted octanol–water partition coefficient (Wildman–Crippen LogP) is 1.29. The molecule has 0 amide bonds. The average Bonchev–Trinajstić information content (AvgIpc) is 1.98. The van der Waals surface area contributed by atoms with Crippen molar-refractivity contribution in [3.63, 3.8) is 0 Å². The Labute approximate surface area is 61.6 Å². The lowest BCUT2D eigenvalue weighted by Crippen LogP contribution is -2.00. The van der Waals surface area contributed by atoms with E-state index in [1.807, 2.05) is 6.92 Å². The lowest BCUT2D eigenvalue weighted by Gasteiger charge is -1.96. The van der Waals surface area contributed by atoms with Crippen molar-refractivity contribution in [1.82, 2.24) is 0 Å². The molecule has 0 aromatic carbocycles. The number of Topliss-reactive ketones (excluding diaryl/α,β-unsaturated/α-hetero) is 1. The number of aliphatic hydroxyl groups excluding tert-OH is 1. The van der Waals surface area contributed by atoms with Gasteiger partial charge in [0.2, 0.25) is 0 Å². The van der Waals surface area contributed by atoms with Crippen LogP contribution in [0.3, 0.4) is 0 Å². The van der Waals surface area contributed by atoms with Crippen molar-refractivity contribution >= 4 is 5.78 Å². The molecule has 0 rings (SSSR count). The molecular weight excluding hydrogens is 128 g/mol. The van der Waals surface area contributed by atoms with Crippen LogP contribution in [-0.4, -0.2) is 17.5 Å². The van der Waals surface area contributed by atoms with Crippen LogP contribution in [0, 0.1) is 0 Å². The molecule has 0 spiro atoms. The molecule has 58 valence electrons. The van der Waals surface area contributed by atoms with E-state index >= 15 is 0 Å². The van der Waals surface area contributed by atoms with Gasteiger partial charge in [0, 0.05) is 13.0 Å². The van der Waals surface area contributed by atoms with E-state index < -0.39 is 0 Å². The van der Waals surface area contributed by atoms with Gasteiger partial charge < -0.3 is 5.11 Å². The molecule has 0 heterocycles. The fourth-order valence-corrected chi connectivity index (χ4v) is 0.598. The second-order valence-corrected chi connectivity index (χ2v) is 2.22. The molecule has 0 unspecified atom stereocenters. The number of rotatable bonds is 4. The molecule has 0 aromatic rings. The first kappa shape index (κ1) is 9.37. The zero-order valence-electron chi connectivity index (χ0n) is 6.55. The minimum Gasteiger partial charge on any atom is -0.396 e. The molecule has 0 atom stereocenters. The number of hydrogen-bond donors (Lipinski definition) is 1. The Hall–Kier alpha value is -0.630. The van der Waals surface area contributed by atoms with Crippen molar-refractivity contribution in [3.05, 3.63) is 11.6 Å². The molecule has 0 aliphatic rings. The van der Waals surface area contributed by atoms with Gasteiger partial charge in [0.1, 0.15) is 0 Å². The maximum Gasteiger partial charge on any atom is 0.158 e. The molecule has 0 fully saturated rings. The lowest BCUT2D eigenvalue weighted by atomic mass is 10.1. The van der Waals surface area contributed by atoms with Gasteiger partial charge in [-0.25, -0.2) is 0 Å². The van der Waals surface area contributed by atoms with Gasteiger partial charge in [-0.1, -0.05) is 6.08 Å². The quantitative estimate of drug-likeness (QED) is 0.600. The van der Waals surface area contributed by atoms with Gasteiger partial charge in [0.25, 0.3) is 0 Å². The van der Waals surface area contributed by atoms with E-state index in [1.54, 1.807) is 13.0 Å². The molecule has 2 heteroatoms. The van der Waals surface area contributed by atoms with Crippen molar-refractivity contribution in [2.75, 3.05) is 6.61 Å². The van der Waals surface area contributed by atoms with Crippen molar-refractivity contribution in [2.45, 2.75) is 26.7 Å². The standard InChI is InChI=1S/C8H14O2/c1-3-7(2)8(10)5-4-6-9/h3,9H,4-6H2,1-2H3/b7-3-. The summed E-state index contributed by atoms with van der Waals surface area (Å²) >= 11 is 0. The Morgan fingerprint density at radius 1 is 1.60 bits per heavy atom. The summed E-state index contributed by atoms with van der Waals surface area (Å²) in [6, 6.07) is 0. The summed E-state index contributed by atoms with van der Waals surface area (Å²) in [6.07, 6.45) is 2.83. The Morgan fingerprint density at radius 2 is 2.20 bits per heavy atom. The topological polar surface area (TPSA) is 37.3 Å². The molecule has 0 aliphatic heterocycles. The molecule has 1 N–H and O–H groups in total. The number of carbonyl (C=O) groups is 1. The van der Waals surface area contributed by atoms with Gasteiger partial charge in [-0.15, -0.1) is 0 Å². The van der Waals surface area contributed by atoms with Crippen molar-refractivity contribution < 1.29 is 9.90 Å². The second-order valence-electron chi connectivity index (χ2n) is 2.22.